The van der Waals surface area contributed by atoms with Gasteiger partial charge < -0.3 is 14.4 Å². The zero-order valence-electron chi connectivity index (χ0n) is 18.8. The quantitative estimate of drug-likeness (QED) is 0.308. The van der Waals surface area contributed by atoms with E-state index < -0.39 is 5.97 Å². The average molecular weight is 446 g/mol. The first kappa shape index (κ1) is 22.6. The number of halogens is 1. The fraction of sp³-hybridized carbons (Fsp3) is 0.250. The van der Waals surface area contributed by atoms with Gasteiger partial charge in [0.2, 0.25) is 0 Å². The summed E-state index contributed by atoms with van der Waals surface area (Å²) in [6.07, 6.45) is 2.64. The van der Waals surface area contributed by atoms with E-state index in [1.165, 1.54) is 17.3 Å². The Hall–Kier alpha value is -3.60. The third-order valence-electron chi connectivity index (χ3n) is 5.78. The number of benzene rings is 3. The fourth-order valence-electron chi connectivity index (χ4n) is 4.04. The van der Waals surface area contributed by atoms with Crippen LogP contribution in [0.25, 0.3) is 10.9 Å². The lowest BCUT2D eigenvalue weighted by molar-refractivity contribution is -0.136. The molecule has 0 bridgehead atoms. The molecule has 3 aromatic carbocycles. The van der Waals surface area contributed by atoms with Crippen molar-refractivity contribution in [1.82, 2.24) is 4.57 Å². The zero-order chi connectivity index (χ0) is 23.2. The summed E-state index contributed by atoms with van der Waals surface area (Å²) >= 11 is 0. The summed E-state index contributed by atoms with van der Waals surface area (Å²) in [6.45, 7) is 3.35. The van der Waals surface area contributed by atoms with Crippen molar-refractivity contribution < 1.29 is 19.0 Å². The lowest BCUT2D eigenvalue weighted by Crippen LogP contribution is -2.04. The number of aromatic nitrogens is 1. The predicted octanol–water partition coefficient (Wildman–Crippen LogP) is 6.38. The highest BCUT2D eigenvalue weighted by molar-refractivity contribution is 5.81. The molecule has 170 valence electrons. The number of fused-ring (bicyclic) bond motifs is 1. The van der Waals surface area contributed by atoms with Crippen molar-refractivity contribution >= 4 is 16.9 Å². The normalized spacial score (nSPS) is 11.1. The van der Waals surface area contributed by atoms with E-state index in [-0.39, 0.29) is 12.2 Å². The van der Waals surface area contributed by atoms with E-state index in [0.717, 1.165) is 47.2 Å². The lowest BCUT2D eigenvalue weighted by atomic mass is 10.1. The average Bonchev–Trinajstić information content (AvgIpc) is 3.14. The van der Waals surface area contributed by atoms with Gasteiger partial charge >= 0.3 is 5.97 Å². The maximum absolute atomic E-state index is 13.7. The van der Waals surface area contributed by atoms with Crippen LogP contribution in [0.4, 0.5) is 4.39 Å². The van der Waals surface area contributed by atoms with Crippen LogP contribution in [0, 0.1) is 5.82 Å². The van der Waals surface area contributed by atoms with Crippen molar-refractivity contribution in [3.63, 3.8) is 0 Å². The van der Waals surface area contributed by atoms with Crippen LogP contribution >= 0.6 is 0 Å². The van der Waals surface area contributed by atoms with Crippen LogP contribution in [-0.4, -0.2) is 15.6 Å². The lowest BCUT2D eigenvalue weighted by Gasteiger charge is -2.12. The molecule has 0 spiro atoms. The Balaban J connectivity index is 1.40. The van der Waals surface area contributed by atoms with Crippen LogP contribution in [0.15, 0.2) is 72.8 Å². The van der Waals surface area contributed by atoms with Crippen molar-refractivity contribution in [3.05, 3.63) is 101 Å². The van der Waals surface area contributed by atoms with Crippen LogP contribution in [-0.2, 0) is 30.8 Å². The van der Waals surface area contributed by atoms with Crippen LogP contribution < -0.4 is 4.74 Å². The predicted molar refractivity (Wildman–Crippen MR) is 128 cm³/mol. The second kappa shape index (κ2) is 10.3. The molecule has 0 aliphatic heterocycles. The van der Waals surface area contributed by atoms with Gasteiger partial charge in [0.05, 0.1) is 0 Å². The molecule has 33 heavy (non-hydrogen) atoms. The highest BCUT2D eigenvalue weighted by atomic mass is 19.1. The SMILES string of the molecule is CCCc1cc2cc(F)ccc2n1Cc1ccc(COc2ccc(CCC(=O)O)cc2)cc1. The topological polar surface area (TPSA) is 51.5 Å². The minimum Gasteiger partial charge on any atom is -0.489 e. The molecule has 0 saturated carbocycles. The Morgan fingerprint density at radius 1 is 0.909 bits per heavy atom. The first-order valence-corrected chi connectivity index (χ1v) is 11.3. The van der Waals surface area contributed by atoms with Crippen molar-refractivity contribution in [3.8, 4) is 5.75 Å². The van der Waals surface area contributed by atoms with Crippen LogP contribution in [0.3, 0.4) is 0 Å². The summed E-state index contributed by atoms with van der Waals surface area (Å²) in [5, 5.41) is 9.73. The maximum atomic E-state index is 13.7. The number of aliphatic carboxylic acids is 1. The van der Waals surface area contributed by atoms with E-state index in [4.69, 9.17) is 9.84 Å². The molecular formula is C28H28FNO3. The van der Waals surface area contributed by atoms with Gasteiger partial charge in [0.15, 0.2) is 0 Å². The van der Waals surface area contributed by atoms with Crippen molar-refractivity contribution in [1.29, 1.82) is 0 Å². The van der Waals surface area contributed by atoms with Crippen LogP contribution in [0.1, 0.15) is 42.1 Å². The maximum Gasteiger partial charge on any atom is 0.303 e. The number of carbonyl (C=O) groups is 1. The van der Waals surface area contributed by atoms with E-state index in [1.54, 1.807) is 6.07 Å². The summed E-state index contributed by atoms with van der Waals surface area (Å²) in [6, 6.07) is 23.0. The van der Waals surface area contributed by atoms with Crippen molar-refractivity contribution in [2.75, 3.05) is 0 Å². The number of carboxylic acid groups (broad SMARTS) is 1. The van der Waals surface area contributed by atoms with Gasteiger partial charge in [-0.25, -0.2) is 4.39 Å². The summed E-state index contributed by atoms with van der Waals surface area (Å²) in [5.74, 6) is -0.241. The van der Waals surface area contributed by atoms with Gasteiger partial charge in [-0.05, 0) is 65.9 Å². The van der Waals surface area contributed by atoms with Gasteiger partial charge in [-0.2, -0.15) is 0 Å². The van der Waals surface area contributed by atoms with Gasteiger partial charge in [0.1, 0.15) is 18.2 Å². The number of rotatable bonds is 10. The Morgan fingerprint density at radius 2 is 1.61 bits per heavy atom. The number of nitrogens with zero attached hydrogens (tertiary/aromatic N) is 1. The molecule has 4 rings (SSSR count). The number of ether oxygens (including phenoxy) is 1. The molecule has 0 amide bonds. The first-order chi connectivity index (χ1) is 16.0. The monoisotopic (exact) mass is 445 g/mol. The van der Waals surface area contributed by atoms with E-state index in [0.29, 0.717) is 13.0 Å². The highest BCUT2D eigenvalue weighted by Gasteiger charge is 2.10. The molecule has 4 aromatic rings. The second-order valence-electron chi connectivity index (χ2n) is 8.32. The molecule has 0 aliphatic rings. The van der Waals surface area contributed by atoms with Gasteiger partial charge in [-0.15, -0.1) is 0 Å². The van der Waals surface area contributed by atoms with Gasteiger partial charge in [0, 0.05) is 29.6 Å². The largest absolute Gasteiger partial charge is 0.489 e. The first-order valence-electron chi connectivity index (χ1n) is 11.3. The molecule has 1 aromatic heterocycles. The smallest absolute Gasteiger partial charge is 0.303 e. The second-order valence-corrected chi connectivity index (χ2v) is 8.32. The minimum atomic E-state index is -0.792. The Bertz CT molecular complexity index is 1230. The number of hydrogen-bond acceptors (Lipinski definition) is 2. The molecule has 0 unspecified atom stereocenters. The Labute approximate surface area is 193 Å². The molecular weight excluding hydrogens is 417 g/mol. The third-order valence-corrected chi connectivity index (χ3v) is 5.78. The minimum absolute atomic E-state index is 0.127. The molecule has 0 atom stereocenters. The number of hydrogen-bond donors (Lipinski definition) is 1. The third kappa shape index (κ3) is 5.80. The molecule has 0 fully saturated rings. The molecule has 0 aliphatic carbocycles. The highest BCUT2D eigenvalue weighted by Crippen LogP contribution is 2.24. The molecule has 0 radical (unpaired) electrons. The van der Waals surface area contributed by atoms with Gasteiger partial charge in [-0.1, -0.05) is 49.7 Å². The van der Waals surface area contributed by atoms with Gasteiger partial charge in [0.25, 0.3) is 0 Å². The number of carboxylic acids is 1. The van der Waals surface area contributed by atoms with E-state index in [9.17, 15) is 9.18 Å². The number of aryl methyl sites for hydroxylation is 2. The van der Waals surface area contributed by atoms with Crippen molar-refractivity contribution in [2.45, 2.75) is 45.8 Å². The molecule has 0 saturated heterocycles. The summed E-state index contributed by atoms with van der Waals surface area (Å²) < 4.78 is 21.8. The van der Waals surface area contributed by atoms with Crippen molar-refractivity contribution in [2.24, 2.45) is 0 Å². The molecule has 1 N–H and O–H groups in total. The summed E-state index contributed by atoms with van der Waals surface area (Å²) in [7, 11) is 0. The standard InChI is InChI=1S/C28H28FNO3/c1-2-3-25-17-23-16-24(29)11-14-27(23)30(25)18-21-4-6-22(7-5-21)19-33-26-12-8-20(9-13-26)10-15-28(31)32/h4-9,11-14,16-17H,2-3,10,15,18-19H2,1H3,(H,31,32). The van der Waals surface area contributed by atoms with E-state index in [2.05, 4.69) is 41.8 Å². The Kier molecular flexibility index (Phi) is 7.08. The van der Waals surface area contributed by atoms with Gasteiger partial charge in [-0.3, -0.25) is 4.79 Å². The summed E-state index contributed by atoms with van der Waals surface area (Å²) in [5.41, 5.74) is 5.51. The Morgan fingerprint density at radius 3 is 2.30 bits per heavy atom. The molecule has 1 heterocycles. The summed E-state index contributed by atoms with van der Waals surface area (Å²) in [4.78, 5) is 10.7. The zero-order valence-corrected chi connectivity index (χ0v) is 18.8. The van der Waals surface area contributed by atoms with Crippen LogP contribution in [0.2, 0.25) is 0 Å². The van der Waals surface area contributed by atoms with Crippen LogP contribution in [0.5, 0.6) is 5.75 Å². The molecule has 5 heteroatoms. The van der Waals surface area contributed by atoms with E-state index in [1.807, 2.05) is 30.3 Å². The van der Waals surface area contributed by atoms with E-state index >= 15 is 0 Å². The fourth-order valence-corrected chi connectivity index (χ4v) is 4.04. The molecule has 4 nitrogen and oxygen atoms in total.